The van der Waals surface area contributed by atoms with Gasteiger partial charge in [0.15, 0.2) is 0 Å². The van der Waals surface area contributed by atoms with Crippen LogP contribution < -0.4 is 15.5 Å². The van der Waals surface area contributed by atoms with Gasteiger partial charge in [-0.1, -0.05) is 31.2 Å². The van der Waals surface area contributed by atoms with E-state index in [-0.39, 0.29) is 17.9 Å². The van der Waals surface area contributed by atoms with Gasteiger partial charge in [0.05, 0.1) is 0 Å². The van der Waals surface area contributed by atoms with Crippen LogP contribution in [-0.4, -0.2) is 38.0 Å². The lowest BCUT2D eigenvalue weighted by molar-refractivity contribution is 0.0915. The van der Waals surface area contributed by atoms with Crippen molar-refractivity contribution in [1.82, 2.24) is 10.6 Å². The lowest BCUT2D eigenvalue weighted by atomic mass is 9.94. The summed E-state index contributed by atoms with van der Waals surface area (Å²) in [5.41, 5.74) is 1.82. The van der Waals surface area contributed by atoms with Gasteiger partial charge in [0.25, 0.3) is 11.8 Å². The topological polar surface area (TPSA) is 61.4 Å². The predicted molar refractivity (Wildman–Crippen MR) is 104 cm³/mol. The second-order valence-corrected chi connectivity index (χ2v) is 6.83. The minimum Gasteiger partial charge on any atom is -0.348 e. The highest BCUT2D eigenvalue weighted by Gasteiger charge is 2.23. The molecule has 0 saturated carbocycles. The summed E-state index contributed by atoms with van der Waals surface area (Å²) in [5, 5.41) is 6.39. The van der Waals surface area contributed by atoms with E-state index >= 15 is 0 Å². The molecule has 0 aliphatic carbocycles. The van der Waals surface area contributed by atoms with Crippen LogP contribution in [0.5, 0.6) is 0 Å². The highest BCUT2D eigenvalue weighted by molar-refractivity contribution is 6.07. The maximum Gasteiger partial charge on any atom is 0.258 e. The Kier molecular flexibility index (Phi) is 5.68. The van der Waals surface area contributed by atoms with Crippen molar-refractivity contribution in [2.24, 2.45) is 5.92 Å². The Morgan fingerprint density at radius 1 is 1.08 bits per heavy atom. The summed E-state index contributed by atoms with van der Waals surface area (Å²) >= 11 is 0. The minimum absolute atomic E-state index is 0.114. The molecule has 26 heavy (non-hydrogen) atoms. The Morgan fingerprint density at radius 3 is 2.54 bits per heavy atom. The van der Waals surface area contributed by atoms with Crippen molar-refractivity contribution >= 4 is 17.5 Å². The average Bonchev–Trinajstić information content (AvgIpc) is 2.69. The second-order valence-electron chi connectivity index (χ2n) is 6.83. The molecule has 2 amide bonds. The normalized spacial score (nSPS) is 19.6. The average molecular weight is 351 g/mol. The first-order valence-electron chi connectivity index (χ1n) is 9.01. The van der Waals surface area contributed by atoms with Crippen LogP contribution in [0.1, 0.15) is 34.1 Å². The third kappa shape index (κ3) is 4.11. The van der Waals surface area contributed by atoms with Crippen LogP contribution in [0.2, 0.25) is 0 Å². The third-order valence-corrected chi connectivity index (χ3v) is 4.96. The predicted octanol–water partition coefficient (Wildman–Crippen LogP) is 2.69. The number of amides is 2. The maximum atomic E-state index is 12.7. The summed E-state index contributed by atoms with van der Waals surface area (Å²) in [6, 6.07) is 16.5. The molecule has 0 bridgehead atoms. The Hall–Kier alpha value is -2.66. The molecule has 1 heterocycles. The van der Waals surface area contributed by atoms with Crippen molar-refractivity contribution in [2.75, 3.05) is 25.0 Å². The van der Waals surface area contributed by atoms with E-state index in [0.29, 0.717) is 17.0 Å². The maximum absolute atomic E-state index is 12.7. The zero-order valence-corrected chi connectivity index (χ0v) is 15.2. The van der Waals surface area contributed by atoms with Crippen LogP contribution in [0, 0.1) is 5.92 Å². The Balaban J connectivity index is 1.73. The van der Waals surface area contributed by atoms with E-state index in [1.165, 1.54) is 0 Å². The van der Waals surface area contributed by atoms with Crippen molar-refractivity contribution in [2.45, 2.75) is 19.4 Å². The molecule has 136 valence electrons. The summed E-state index contributed by atoms with van der Waals surface area (Å²) in [6.45, 7) is 3.92. The largest absolute Gasteiger partial charge is 0.348 e. The molecule has 5 nitrogen and oxygen atoms in total. The molecule has 2 aromatic rings. The second kappa shape index (κ2) is 8.15. The van der Waals surface area contributed by atoms with Crippen LogP contribution in [0.3, 0.4) is 0 Å². The van der Waals surface area contributed by atoms with Gasteiger partial charge in [0.1, 0.15) is 0 Å². The van der Waals surface area contributed by atoms with Gasteiger partial charge in [0, 0.05) is 36.4 Å². The molecule has 1 aliphatic heterocycles. The van der Waals surface area contributed by atoms with Crippen molar-refractivity contribution < 1.29 is 9.59 Å². The molecule has 0 spiro atoms. The fraction of sp³-hybridized carbons (Fsp3) is 0.333. The molecule has 2 atom stereocenters. The molecule has 3 rings (SSSR count). The Bertz CT molecular complexity index is 776. The fourth-order valence-corrected chi connectivity index (χ4v) is 3.19. The highest BCUT2D eigenvalue weighted by Crippen LogP contribution is 2.16. The number of piperidine rings is 1. The first-order chi connectivity index (χ1) is 12.6. The zero-order chi connectivity index (χ0) is 18.5. The molecule has 2 unspecified atom stereocenters. The van der Waals surface area contributed by atoms with E-state index < -0.39 is 0 Å². The molecular formula is C21H25N3O2. The van der Waals surface area contributed by atoms with Crippen molar-refractivity contribution in [3.63, 3.8) is 0 Å². The molecule has 0 aromatic heterocycles. The molecule has 1 aliphatic rings. The summed E-state index contributed by atoms with van der Waals surface area (Å²) < 4.78 is 0. The first kappa shape index (κ1) is 18.1. The number of hydrogen-bond acceptors (Lipinski definition) is 3. The molecule has 2 N–H and O–H groups in total. The summed E-state index contributed by atoms with van der Waals surface area (Å²) in [5.74, 6) is 0.162. The van der Waals surface area contributed by atoms with Crippen LogP contribution in [-0.2, 0) is 0 Å². The highest BCUT2D eigenvalue weighted by atomic mass is 16.2. The van der Waals surface area contributed by atoms with Gasteiger partial charge in [-0.05, 0) is 49.2 Å². The number of para-hydroxylation sites is 1. The van der Waals surface area contributed by atoms with E-state index in [1.54, 1.807) is 36.2 Å². The molecule has 2 aromatic carbocycles. The van der Waals surface area contributed by atoms with E-state index in [4.69, 9.17) is 0 Å². The summed E-state index contributed by atoms with van der Waals surface area (Å²) in [4.78, 5) is 26.9. The number of benzene rings is 2. The van der Waals surface area contributed by atoms with Gasteiger partial charge in [-0.15, -0.1) is 0 Å². The zero-order valence-electron chi connectivity index (χ0n) is 15.2. The van der Waals surface area contributed by atoms with Crippen LogP contribution in [0.4, 0.5) is 5.69 Å². The Morgan fingerprint density at radius 2 is 1.81 bits per heavy atom. The minimum atomic E-state index is -0.140. The fourth-order valence-electron chi connectivity index (χ4n) is 3.19. The number of anilines is 1. The van der Waals surface area contributed by atoms with Crippen molar-refractivity contribution in [1.29, 1.82) is 0 Å². The van der Waals surface area contributed by atoms with Crippen LogP contribution in [0.25, 0.3) is 0 Å². The number of rotatable bonds is 4. The third-order valence-electron chi connectivity index (χ3n) is 4.96. The first-order valence-corrected chi connectivity index (χ1v) is 9.01. The van der Waals surface area contributed by atoms with Gasteiger partial charge in [0.2, 0.25) is 0 Å². The van der Waals surface area contributed by atoms with Crippen molar-refractivity contribution in [3.8, 4) is 0 Å². The van der Waals surface area contributed by atoms with Crippen LogP contribution >= 0.6 is 0 Å². The summed E-state index contributed by atoms with van der Waals surface area (Å²) in [6.07, 6.45) is 1.05. The van der Waals surface area contributed by atoms with Gasteiger partial charge < -0.3 is 15.5 Å². The van der Waals surface area contributed by atoms with Gasteiger partial charge in [-0.25, -0.2) is 0 Å². The smallest absolute Gasteiger partial charge is 0.258 e. The SMILES string of the molecule is CC1CCNCC1NC(=O)c1cccc(C(=O)N(C)c2ccccc2)c1. The molecule has 0 radical (unpaired) electrons. The van der Waals surface area contributed by atoms with Crippen LogP contribution in [0.15, 0.2) is 54.6 Å². The number of carbonyl (C=O) groups is 2. The number of nitrogens with one attached hydrogen (secondary N) is 2. The Labute approximate surface area is 154 Å². The molecular weight excluding hydrogens is 326 g/mol. The van der Waals surface area contributed by atoms with E-state index in [0.717, 1.165) is 25.2 Å². The van der Waals surface area contributed by atoms with Gasteiger partial charge >= 0.3 is 0 Å². The number of carbonyl (C=O) groups excluding carboxylic acids is 2. The number of hydrogen-bond donors (Lipinski definition) is 2. The van der Waals surface area contributed by atoms with Gasteiger partial charge in [-0.3, -0.25) is 9.59 Å². The van der Waals surface area contributed by atoms with E-state index in [2.05, 4.69) is 17.6 Å². The monoisotopic (exact) mass is 351 g/mol. The van der Waals surface area contributed by atoms with E-state index in [9.17, 15) is 9.59 Å². The summed E-state index contributed by atoms with van der Waals surface area (Å²) in [7, 11) is 1.74. The quantitative estimate of drug-likeness (QED) is 0.890. The molecule has 5 heteroatoms. The lowest BCUT2D eigenvalue weighted by Crippen LogP contribution is -2.50. The standard InChI is InChI=1S/C21H25N3O2/c1-15-11-12-22-14-19(15)23-20(25)16-7-6-8-17(13-16)21(26)24(2)18-9-4-3-5-10-18/h3-10,13,15,19,22H,11-12,14H2,1-2H3,(H,23,25). The van der Waals surface area contributed by atoms with Crippen molar-refractivity contribution in [3.05, 3.63) is 65.7 Å². The lowest BCUT2D eigenvalue weighted by Gasteiger charge is -2.30. The number of nitrogens with zero attached hydrogens (tertiary/aromatic N) is 1. The van der Waals surface area contributed by atoms with Gasteiger partial charge in [-0.2, -0.15) is 0 Å². The van der Waals surface area contributed by atoms with E-state index in [1.807, 2.05) is 30.3 Å². The molecule has 1 fully saturated rings. The molecule has 1 saturated heterocycles.